The summed E-state index contributed by atoms with van der Waals surface area (Å²) in [6.07, 6.45) is 2.94. The average Bonchev–Trinajstić information content (AvgIpc) is 2.72. The van der Waals surface area contributed by atoms with Crippen molar-refractivity contribution in [3.05, 3.63) is 36.2 Å². The van der Waals surface area contributed by atoms with Crippen LogP contribution in [0, 0.1) is 0 Å². The van der Waals surface area contributed by atoms with E-state index in [9.17, 15) is 9.59 Å². The van der Waals surface area contributed by atoms with Crippen LogP contribution in [0.4, 0.5) is 0 Å². The number of hydrogen-bond acceptors (Lipinski definition) is 4. The number of pyridine rings is 1. The second-order valence-electron chi connectivity index (χ2n) is 3.26. The van der Waals surface area contributed by atoms with Crippen LogP contribution in [0.5, 0.6) is 0 Å². The van der Waals surface area contributed by atoms with Gasteiger partial charge in [0.25, 0.3) is 0 Å². The molecule has 2 rings (SSSR count). The minimum Gasteiger partial charge on any atom is -0.469 e. The van der Waals surface area contributed by atoms with Gasteiger partial charge in [0.05, 0.1) is 24.4 Å². The molecule has 0 aliphatic rings. The first-order chi connectivity index (χ1) is 7.72. The summed E-state index contributed by atoms with van der Waals surface area (Å²) in [7, 11) is 1.26. The Kier molecular flexibility index (Phi) is 2.68. The Hall–Kier alpha value is -2.17. The number of ether oxygens (including phenoxy) is 1. The van der Waals surface area contributed by atoms with Crippen LogP contribution in [0.25, 0.3) is 5.52 Å². The summed E-state index contributed by atoms with van der Waals surface area (Å²) in [6.45, 7) is 0. The van der Waals surface area contributed by atoms with Crippen LogP contribution < -0.4 is 0 Å². The monoisotopic (exact) mass is 218 g/mol. The van der Waals surface area contributed by atoms with Crippen molar-refractivity contribution in [2.45, 2.75) is 6.42 Å². The molecule has 2 heterocycles. The summed E-state index contributed by atoms with van der Waals surface area (Å²) in [5.41, 5.74) is 1.13. The fourth-order valence-corrected chi connectivity index (χ4v) is 1.45. The topological polar surface area (TPSA) is 60.7 Å². The van der Waals surface area contributed by atoms with Crippen molar-refractivity contribution in [1.82, 2.24) is 9.61 Å². The maximum absolute atomic E-state index is 11.7. The lowest BCUT2D eigenvalue weighted by molar-refractivity contribution is -0.139. The Morgan fingerprint density at radius 1 is 1.44 bits per heavy atom. The molecule has 5 heteroatoms. The zero-order valence-electron chi connectivity index (χ0n) is 8.71. The molecule has 0 aliphatic carbocycles. The zero-order valence-corrected chi connectivity index (χ0v) is 8.71. The summed E-state index contributed by atoms with van der Waals surface area (Å²) in [5, 5.41) is 4.02. The van der Waals surface area contributed by atoms with Crippen molar-refractivity contribution in [2.75, 3.05) is 7.11 Å². The normalized spacial score (nSPS) is 10.3. The molecule has 16 heavy (non-hydrogen) atoms. The summed E-state index contributed by atoms with van der Waals surface area (Å²) >= 11 is 0. The Morgan fingerprint density at radius 2 is 2.25 bits per heavy atom. The van der Waals surface area contributed by atoms with E-state index < -0.39 is 5.97 Å². The van der Waals surface area contributed by atoms with Crippen LogP contribution in [0.3, 0.4) is 0 Å². The van der Waals surface area contributed by atoms with Gasteiger partial charge in [0.15, 0.2) is 5.78 Å². The van der Waals surface area contributed by atoms with Gasteiger partial charge < -0.3 is 4.74 Å². The van der Waals surface area contributed by atoms with E-state index in [-0.39, 0.29) is 12.2 Å². The number of esters is 1. The molecule has 0 saturated heterocycles. The number of carbonyl (C=O) groups is 2. The molecule has 82 valence electrons. The molecule has 2 aromatic heterocycles. The molecule has 2 aromatic rings. The van der Waals surface area contributed by atoms with Gasteiger partial charge in [0.2, 0.25) is 0 Å². The van der Waals surface area contributed by atoms with E-state index in [1.165, 1.54) is 13.3 Å². The van der Waals surface area contributed by atoms with Crippen LogP contribution in [-0.2, 0) is 9.53 Å². The van der Waals surface area contributed by atoms with Crippen molar-refractivity contribution in [1.29, 1.82) is 0 Å². The third-order valence-corrected chi connectivity index (χ3v) is 2.26. The van der Waals surface area contributed by atoms with E-state index in [1.54, 1.807) is 16.8 Å². The van der Waals surface area contributed by atoms with E-state index in [0.29, 0.717) is 11.1 Å². The first kappa shape index (κ1) is 10.4. The molecule has 0 atom stereocenters. The predicted molar refractivity (Wildman–Crippen MR) is 56.2 cm³/mol. The molecule has 5 nitrogen and oxygen atoms in total. The largest absolute Gasteiger partial charge is 0.469 e. The number of ketones is 1. The third-order valence-electron chi connectivity index (χ3n) is 2.26. The lowest BCUT2D eigenvalue weighted by Gasteiger charge is -1.97. The van der Waals surface area contributed by atoms with Gasteiger partial charge in [0, 0.05) is 6.20 Å². The van der Waals surface area contributed by atoms with Crippen molar-refractivity contribution in [3.8, 4) is 0 Å². The van der Waals surface area contributed by atoms with Gasteiger partial charge >= 0.3 is 5.97 Å². The minimum atomic E-state index is -0.541. The van der Waals surface area contributed by atoms with Gasteiger partial charge in [-0.25, -0.2) is 4.52 Å². The minimum absolute atomic E-state index is 0.257. The number of nitrogens with zero attached hydrogens (tertiary/aromatic N) is 2. The van der Waals surface area contributed by atoms with Gasteiger partial charge in [0.1, 0.15) is 6.42 Å². The molecule has 0 N–H and O–H groups in total. The first-order valence-corrected chi connectivity index (χ1v) is 4.75. The molecule has 0 radical (unpaired) electrons. The summed E-state index contributed by atoms with van der Waals surface area (Å²) in [5.74, 6) is -0.826. The van der Waals surface area contributed by atoms with Gasteiger partial charge in [-0.3, -0.25) is 9.59 Å². The molecular formula is C11H10N2O3. The third kappa shape index (κ3) is 1.79. The van der Waals surface area contributed by atoms with Crippen molar-refractivity contribution in [3.63, 3.8) is 0 Å². The van der Waals surface area contributed by atoms with E-state index in [0.717, 1.165) is 0 Å². The van der Waals surface area contributed by atoms with Crippen molar-refractivity contribution >= 4 is 17.3 Å². The lowest BCUT2D eigenvalue weighted by Crippen LogP contribution is -2.09. The molecule has 0 aromatic carbocycles. The fraction of sp³-hybridized carbons (Fsp3) is 0.182. The van der Waals surface area contributed by atoms with Gasteiger partial charge in [-0.1, -0.05) is 6.07 Å². The summed E-state index contributed by atoms with van der Waals surface area (Å²) < 4.78 is 6.03. The van der Waals surface area contributed by atoms with Crippen molar-refractivity contribution in [2.24, 2.45) is 0 Å². The number of aromatic nitrogens is 2. The second kappa shape index (κ2) is 4.14. The van der Waals surface area contributed by atoms with Crippen LogP contribution in [0.1, 0.15) is 16.8 Å². The van der Waals surface area contributed by atoms with Crippen molar-refractivity contribution < 1.29 is 14.3 Å². The quantitative estimate of drug-likeness (QED) is 0.439. The number of fused-ring (bicyclic) bond motifs is 1. The Balaban J connectivity index is 2.33. The fourth-order valence-electron chi connectivity index (χ4n) is 1.45. The first-order valence-electron chi connectivity index (χ1n) is 4.75. The Labute approximate surface area is 91.6 Å². The molecule has 0 saturated carbocycles. The SMILES string of the molecule is COC(=O)CC(=O)c1cnn2ccccc12. The number of carbonyl (C=O) groups excluding carboxylic acids is 2. The maximum Gasteiger partial charge on any atom is 0.313 e. The van der Waals surface area contributed by atoms with Gasteiger partial charge in [-0.2, -0.15) is 5.10 Å². The number of hydrogen-bond donors (Lipinski definition) is 0. The number of methoxy groups -OCH3 is 1. The second-order valence-corrected chi connectivity index (χ2v) is 3.26. The maximum atomic E-state index is 11.7. The Morgan fingerprint density at radius 3 is 3.00 bits per heavy atom. The number of rotatable bonds is 3. The van der Waals surface area contributed by atoms with Gasteiger partial charge in [-0.05, 0) is 12.1 Å². The van der Waals surface area contributed by atoms with Crippen LogP contribution in [0.15, 0.2) is 30.6 Å². The summed E-state index contributed by atoms with van der Waals surface area (Å²) in [6, 6.07) is 5.40. The highest BCUT2D eigenvalue weighted by Gasteiger charge is 2.16. The Bertz CT molecular complexity index is 545. The smallest absolute Gasteiger partial charge is 0.313 e. The average molecular weight is 218 g/mol. The van der Waals surface area contributed by atoms with E-state index in [1.807, 2.05) is 12.1 Å². The van der Waals surface area contributed by atoms with Gasteiger partial charge in [-0.15, -0.1) is 0 Å². The van der Waals surface area contributed by atoms with Crippen LogP contribution >= 0.6 is 0 Å². The molecular weight excluding hydrogens is 208 g/mol. The predicted octanol–water partition coefficient (Wildman–Crippen LogP) is 1.08. The summed E-state index contributed by atoms with van der Waals surface area (Å²) in [4.78, 5) is 22.7. The number of Topliss-reactive ketones (excluding diaryl/α,β-unsaturated/α-hetero) is 1. The lowest BCUT2D eigenvalue weighted by atomic mass is 10.1. The van der Waals surface area contributed by atoms with Crippen LogP contribution in [0.2, 0.25) is 0 Å². The highest BCUT2D eigenvalue weighted by Crippen LogP contribution is 2.12. The van der Waals surface area contributed by atoms with E-state index >= 15 is 0 Å². The highest BCUT2D eigenvalue weighted by atomic mass is 16.5. The van der Waals surface area contributed by atoms with E-state index in [2.05, 4.69) is 9.84 Å². The molecule has 0 aliphatic heterocycles. The molecule has 0 amide bonds. The zero-order chi connectivity index (χ0) is 11.5. The highest BCUT2D eigenvalue weighted by molar-refractivity contribution is 6.09. The standard InChI is InChI=1S/C11H10N2O3/c1-16-11(15)6-10(14)8-7-12-13-5-3-2-4-9(8)13/h2-5,7H,6H2,1H3. The van der Waals surface area contributed by atoms with Crippen LogP contribution in [-0.4, -0.2) is 28.5 Å². The molecule has 0 bridgehead atoms. The molecule has 0 unspecified atom stereocenters. The molecule has 0 spiro atoms. The molecule has 0 fully saturated rings. The van der Waals surface area contributed by atoms with E-state index in [4.69, 9.17) is 0 Å².